The van der Waals surface area contributed by atoms with Gasteiger partial charge in [-0.1, -0.05) is 0 Å². The predicted octanol–water partition coefficient (Wildman–Crippen LogP) is 1.83. The van der Waals surface area contributed by atoms with Crippen LogP contribution in [0.3, 0.4) is 0 Å². The zero-order valence-electron chi connectivity index (χ0n) is 5.47. The second kappa shape index (κ2) is 4.25. The van der Waals surface area contributed by atoms with Crippen LogP contribution in [0.5, 0.6) is 0 Å². The average molecular weight is 225 g/mol. The van der Waals surface area contributed by atoms with Gasteiger partial charge in [-0.25, -0.2) is 8.78 Å². The Morgan fingerprint density at radius 3 is 2.36 bits per heavy atom. The van der Waals surface area contributed by atoms with Gasteiger partial charge in [0.15, 0.2) is 5.82 Å². The molecule has 0 aromatic heterocycles. The predicted molar refractivity (Wildman–Crippen MR) is 44.5 cm³/mol. The van der Waals surface area contributed by atoms with Gasteiger partial charge in [-0.05, 0) is 12.1 Å². The highest BCUT2D eigenvalue weighted by Crippen LogP contribution is 2.12. The van der Waals surface area contributed by atoms with Gasteiger partial charge in [-0.15, -0.1) is 17.0 Å². The third-order valence-electron chi connectivity index (χ3n) is 1.09. The van der Waals surface area contributed by atoms with Crippen LogP contribution < -0.4 is 11.3 Å². The van der Waals surface area contributed by atoms with E-state index in [2.05, 4.69) is 5.43 Å². The Kier molecular flexibility index (Phi) is 3.99. The molecule has 0 aliphatic heterocycles. The van der Waals surface area contributed by atoms with Gasteiger partial charge in [0, 0.05) is 6.07 Å². The van der Waals surface area contributed by atoms with E-state index in [9.17, 15) is 8.78 Å². The molecule has 0 heterocycles. The SMILES string of the molecule is Br.NNc1ccc(F)cc1F. The lowest BCUT2D eigenvalue weighted by molar-refractivity contribution is 0.585. The summed E-state index contributed by atoms with van der Waals surface area (Å²) < 4.78 is 24.6. The number of anilines is 1. The van der Waals surface area contributed by atoms with E-state index >= 15 is 0 Å². The van der Waals surface area contributed by atoms with Crippen molar-refractivity contribution in [3.05, 3.63) is 29.8 Å². The summed E-state index contributed by atoms with van der Waals surface area (Å²) in [6.45, 7) is 0. The summed E-state index contributed by atoms with van der Waals surface area (Å²) in [5.74, 6) is 3.58. The number of rotatable bonds is 1. The maximum absolute atomic E-state index is 12.5. The first kappa shape index (κ1) is 10.3. The van der Waals surface area contributed by atoms with Gasteiger partial charge < -0.3 is 5.43 Å². The number of nitrogens with two attached hydrogens (primary N) is 1. The lowest BCUT2D eigenvalue weighted by atomic mass is 10.3. The summed E-state index contributed by atoms with van der Waals surface area (Å²) >= 11 is 0. The van der Waals surface area contributed by atoms with Gasteiger partial charge in [-0.3, -0.25) is 5.84 Å². The van der Waals surface area contributed by atoms with E-state index in [0.717, 1.165) is 12.1 Å². The van der Waals surface area contributed by atoms with Gasteiger partial charge in [0.1, 0.15) is 5.82 Å². The Balaban J connectivity index is 0.000001000. The van der Waals surface area contributed by atoms with E-state index in [1.165, 1.54) is 6.07 Å². The fourth-order valence-electron chi connectivity index (χ4n) is 0.607. The highest BCUT2D eigenvalue weighted by Gasteiger charge is 1.99. The maximum Gasteiger partial charge on any atom is 0.150 e. The molecule has 0 spiro atoms. The normalized spacial score (nSPS) is 8.64. The number of nitrogen functional groups attached to an aromatic ring is 1. The summed E-state index contributed by atoms with van der Waals surface area (Å²) in [7, 11) is 0. The minimum Gasteiger partial charge on any atom is -0.321 e. The van der Waals surface area contributed by atoms with E-state index in [4.69, 9.17) is 5.84 Å². The van der Waals surface area contributed by atoms with Crippen molar-refractivity contribution in [2.24, 2.45) is 5.84 Å². The van der Waals surface area contributed by atoms with Crippen molar-refractivity contribution in [3.8, 4) is 0 Å². The molecule has 0 aliphatic carbocycles. The smallest absolute Gasteiger partial charge is 0.150 e. The van der Waals surface area contributed by atoms with Crippen molar-refractivity contribution >= 4 is 22.7 Å². The summed E-state index contributed by atoms with van der Waals surface area (Å²) in [6, 6.07) is 3.11. The first-order chi connectivity index (χ1) is 4.74. The Labute approximate surface area is 73.1 Å². The second-order valence-electron chi connectivity index (χ2n) is 1.77. The molecule has 0 amide bonds. The van der Waals surface area contributed by atoms with Crippen LogP contribution in [0, 0.1) is 11.6 Å². The monoisotopic (exact) mass is 224 g/mol. The number of hydrogen-bond acceptors (Lipinski definition) is 2. The minimum atomic E-state index is -0.692. The molecule has 1 aromatic carbocycles. The molecule has 62 valence electrons. The zero-order valence-corrected chi connectivity index (χ0v) is 7.19. The van der Waals surface area contributed by atoms with Crippen LogP contribution in [0.2, 0.25) is 0 Å². The van der Waals surface area contributed by atoms with Gasteiger partial charge in [0.2, 0.25) is 0 Å². The van der Waals surface area contributed by atoms with Crippen molar-refractivity contribution in [1.29, 1.82) is 0 Å². The van der Waals surface area contributed by atoms with Crippen LogP contribution in [-0.2, 0) is 0 Å². The fraction of sp³-hybridized carbons (Fsp3) is 0. The van der Waals surface area contributed by atoms with Crippen molar-refractivity contribution < 1.29 is 8.78 Å². The van der Waals surface area contributed by atoms with Crippen LogP contribution in [0.4, 0.5) is 14.5 Å². The fourth-order valence-corrected chi connectivity index (χ4v) is 0.607. The number of halogens is 3. The Hall–Kier alpha value is -0.680. The number of benzene rings is 1. The zero-order chi connectivity index (χ0) is 7.56. The first-order valence-electron chi connectivity index (χ1n) is 2.65. The lowest BCUT2D eigenvalue weighted by Crippen LogP contribution is -2.08. The number of nitrogens with one attached hydrogen (secondary N) is 1. The quantitative estimate of drug-likeness (QED) is 0.565. The van der Waals surface area contributed by atoms with Crippen LogP contribution >= 0.6 is 17.0 Å². The molecule has 3 N–H and O–H groups in total. The van der Waals surface area contributed by atoms with Crippen molar-refractivity contribution in [2.75, 3.05) is 5.43 Å². The molecule has 1 rings (SSSR count). The third-order valence-corrected chi connectivity index (χ3v) is 1.09. The van der Waals surface area contributed by atoms with E-state index in [-0.39, 0.29) is 22.7 Å². The average Bonchev–Trinajstić information content (AvgIpc) is 1.88. The molecule has 0 aliphatic rings. The summed E-state index contributed by atoms with van der Waals surface area (Å²) in [6.07, 6.45) is 0. The largest absolute Gasteiger partial charge is 0.321 e. The van der Waals surface area contributed by atoms with Crippen LogP contribution in [0.25, 0.3) is 0 Å². The molecule has 0 unspecified atom stereocenters. The summed E-state index contributed by atoms with van der Waals surface area (Å²) in [5, 5.41) is 0. The highest BCUT2D eigenvalue weighted by atomic mass is 79.9. The first-order valence-corrected chi connectivity index (χ1v) is 2.65. The molecular weight excluding hydrogens is 218 g/mol. The molecule has 2 nitrogen and oxygen atoms in total. The second-order valence-corrected chi connectivity index (χ2v) is 1.77. The van der Waals surface area contributed by atoms with Crippen molar-refractivity contribution in [3.63, 3.8) is 0 Å². The molecule has 1 aromatic rings. The molecule has 11 heavy (non-hydrogen) atoms. The van der Waals surface area contributed by atoms with Gasteiger partial charge in [-0.2, -0.15) is 0 Å². The van der Waals surface area contributed by atoms with Crippen LogP contribution in [0.15, 0.2) is 18.2 Å². The summed E-state index contributed by atoms with van der Waals surface area (Å²) in [4.78, 5) is 0. The molecule has 5 heteroatoms. The van der Waals surface area contributed by atoms with Crippen LogP contribution in [0.1, 0.15) is 0 Å². The van der Waals surface area contributed by atoms with Crippen molar-refractivity contribution in [1.82, 2.24) is 0 Å². The Bertz CT molecular complexity index is 242. The number of hydrogen-bond donors (Lipinski definition) is 2. The van der Waals surface area contributed by atoms with Crippen LogP contribution in [-0.4, -0.2) is 0 Å². The van der Waals surface area contributed by atoms with E-state index in [0.29, 0.717) is 0 Å². The number of hydrazine groups is 1. The van der Waals surface area contributed by atoms with Crippen molar-refractivity contribution in [2.45, 2.75) is 0 Å². The maximum atomic E-state index is 12.5. The topological polar surface area (TPSA) is 38.0 Å². The molecule has 0 radical (unpaired) electrons. The molecule has 0 bridgehead atoms. The molecular formula is C6H7BrF2N2. The minimum absolute atomic E-state index is 0. The standard InChI is InChI=1S/C6H6F2N2.BrH/c7-4-1-2-6(10-9)5(8)3-4;/h1-3,10H,9H2;1H. The van der Waals surface area contributed by atoms with Gasteiger partial charge >= 0.3 is 0 Å². The molecule has 0 atom stereocenters. The summed E-state index contributed by atoms with van der Waals surface area (Å²) in [5.41, 5.74) is 2.17. The van der Waals surface area contributed by atoms with Gasteiger partial charge in [0.05, 0.1) is 5.69 Å². The Morgan fingerprint density at radius 2 is 1.91 bits per heavy atom. The highest BCUT2D eigenvalue weighted by molar-refractivity contribution is 8.93. The van der Waals surface area contributed by atoms with E-state index in [1.807, 2.05) is 0 Å². The van der Waals surface area contributed by atoms with E-state index < -0.39 is 11.6 Å². The van der Waals surface area contributed by atoms with Gasteiger partial charge in [0.25, 0.3) is 0 Å². The molecule has 0 saturated carbocycles. The Morgan fingerprint density at radius 1 is 1.27 bits per heavy atom. The third kappa shape index (κ3) is 2.44. The lowest BCUT2D eigenvalue weighted by Gasteiger charge is -1.99. The van der Waals surface area contributed by atoms with E-state index in [1.54, 1.807) is 0 Å². The molecule has 0 saturated heterocycles. The molecule has 0 fully saturated rings.